The maximum Gasteiger partial charge on any atom is 0.251 e. The van der Waals surface area contributed by atoms with E-state index in [-0.39, 0.29) is 28.3 Å². The molecule has 0 spiro atoms. The first kappa shape index (κ1) is 12.6. The molecular formula is C10H15N3O2S. The van der Waals surface area contributed by atoms with Gasteiger partial charge >= 0.3 is 0 Å². The Morgan fingerprint density at radius 2 is 2.19 bits per heavy atom. The molecule has 88 valence electrons. The molecule has 16 heavy (non-hydrogen) atoms. The molecule has 1 aromatic heterocycles. The number of carbonyl (C=O) groups is 1. The van der Waals surface area contributed by atoms with E-state index in [1.165, 1.54) is 16.8 Å². The van der Waals surface area contributed by atoms with Crippen LogP contribution in [0.5, 0.6) is 0 Å². The van der Waals surface area contributed by atoms with E-state index in [1.54, 1.807) is 0 Å². The summed E-state index contributed by atoms with van der Waals surface area (Å²) in [5, 5.41) is 2.81. The van der Waals surface area contributed by atoms with Crippen molar-refractivity contribution in [3.05, 3.63) is 27.4 Å². The lowest BCUT2D eigenvalue weighted by Crippen LogP contribution is -2.42. The average Bonchev–Trinajstić information content (AvgIpc) is 2.06. The van der Waals surface area contributed by atoms with E-state index in [0.29, 0.717) is 0 Å². The fraction of sp³-hybridized carbons (Fsp3) is 0.500. The fourth-order valence-electron chi connectivity index (χ4n) is 1.18. The monoisotopic (exact) mass is 241 g/mol. The highest BCUT2D eigenvalue weighted by Crippen LogP contribution is 1.98. The van der Waals surface area contributed by atoms with Crippen LogP contribution in [0.3, 0.4) is 0 Å². The number of amides is 1. The number of hydrogen-bond acceptors (Lipinski definition) is 3. The normalized spacial score (nSPS) is 11.2. The van der Waals surface area contributed by atoms with Crippen LogP contribution in [-0.2, 0) is 11.3 Å². The molecule has 1 heterocycles. The Morgan fingerprint density at radius 3 is 2.69 bits per heavy atom. The third-order valence-electron chi connectivity index (χ3n) is 1.73. The van der Waals surface area contributed by atoms with E-state index < -0.39 is 0 Å². The molecule has 0 radical (unpaired) electrons. The summed E-state index contributed by atoms with van der Waals surface area (Å²) in [5.41, 5.74) is -0.543. The number of nitrogens with one attached hydrogen (secondary N) is 2. The topological polar surface area (TPSA) is 66.9 Å². The molecule has 0 atom stereocenters. The van der Waals surface area contributed by atoms with Gasteiger partial charge in [-0.15, -0.1) is 0 Å². The molecule has 0 aliphatic carbocycles. The van der Waals surface area contributed by atoms with Gasteiger partial charge in [-0.1, -0.05) is 0 Å². The third kappa shape index (κ3) is 3.98. The number of hydrogen-bond donors (Lipinski definition) is 2. The zero-order chi connectivity index (χ0) is 12.3. The standard InChI is InChI=1S/C10H15N3O2S/c1-10(2,3)12-8(15)6-13-5-4-7(14)11-9(13)16/h4-5H,6H2,1-3H3,(H,12,15)(H,11,14,16). The van der Waals surface area contributed by atoms with Crippen LogP contribution in [0, 0.1) is 4.77 Å². The third-order valence-corrected chi connectivity index (χ3v) is 2.06. The lowest BCUT2D eigenvalue weighted by atomic mass is 10.1. The summed E-state index contributed by atoms with van der Waals surface area (Å²) in [4.78, 5) is 25.0. The van der Waals surface area contributed by atoms with E-state index in [4.69, 9.17) is 12.2 Å². The number of rotatable bonds is 2. The highest BCUT2D eigenvalue weighted by Gasteiger charge is 2.13. The zero-order valence-electron chi connectivity index (χ0n) is 9.53. The van der Waals surface area contributed by atoms with Gasteiger partial charge in [0.1, 0.15) is 6.54 Å². The predicted octanol–water partition coefficient (Wildman–Crippen LogP) is 0.821. The second-order valence-electron chi connectivity index (χ2n) is 4.54. The summed E-state index contributed by atoms with van der Waals surface area (Å²) in [6.45, 7) is 5.80. The molecule has 2 N–H and O–H groups in total. The van der Waals surface area contributed by atoms with Crippen molar-refractivity contribution in [2.45, 2.75) is 32.9 Å². The maximum atomic E-state index is 11.6. The number of aromatic amines is 1. The van der Waals surface area contributed by atoms with Crippen LogP contribution in [0.2, 0.25) is 0 Å². The van der Waals surface area contributed by atoms with E-state index >= 15 is 0 Å². The van der Waals surface area contributed by atoms with Crippen molar-refractivity contribution in [2.24, 2.45) is 0 Å². The first-order valence-electron chi connectivity index (χ1n) is 4.89. The summed E-state index contributed by atoms with van der Waals surface area (Å²) in [7, 11) is 0. The van der Waals surface area contributed by atoms with Crippen molar-refractivity contribution in [3.8, 4) is 0 Å². The van der Waals surface area contributed by atoms with Crippen LogP contribution in [0.15, 0.2) is 17.1 Å². The molecule has 0 bridgehead atoms. The van der Waals surface area contributed by atoms with E-state index in [9.17, 15) is 9.59 Å². The highest BCUT2D eigenvalue weighted by molar-refractivity contribution is 7.71. The van der Waals surface area contributed by atoms with E-state index in [0.717, 1.165) is 0 Å². The number of aromatic nitrogens is 2. The van der Waals surface area contributed by atoms with Gasteiger partial charge < -0.3 is 9.88 Å². The largest absolute Gasteiger partial charge is 0.350 e. The molecular weight excluding hydrogens is 226 g/mol. The van der Waals surface area contributed by atoms with Crippen LogP contribution in [0.4, 0.5) is 0 Å². The number of carbonyl (C=O) groups excluding carboxylic acids is 1. The van der Waals surface area contributed by atoms with Crippen molar-refractivity contribution >= 4 is 18.1 Å². The molecule has 0 saturated carbocycles. The van der Waals surface area contributed by atoms with Gasteiger partial charge in [-0.25, -0.2) is 0 Å². The number of H-pyrrole nitrogens is 1. The Bertz CT molecular complexity index is 496. The van der Waals surface area contributed by atoms with E-state index in [1.807, 2.05) is 20.8 Å². The summed E-state index contributed by atoms with van der Waals surface area (Å²) in [6, 6.07) is 1.33. The van der Waals surface area contributed by atoms with Gasteiger partial charge in [0.15, 0.2) is 4.77 Å². The Hall–Kier alpha value is -1.43. The summed E-state index contributed by atoms with van der Waals surface area (Å²) < 4.78 is 1.76. The molecule has 0 unspecified atom stereocenters. The molecule has 0 saturated heterocycles. The summed E-state index contributed by atoms with van der Waals surface area (Å²) in [5.74, 6) is -0.143. The fourth-order valence-corrected chi connectivity index (χ4v) is 1.41. The molecule has 1 aromatic rings. The minimum Gasteiger partial charge on any atom is -0.350 e. The molecule has 1 rings (SSSR count). The molecule has 5 nitrogen and oxygen atoms in total. The summed E-state index contributed by atoms with van der Waals surface area (Å²) >= 11 is 4.93. The maximum absolute atomic E-state index is 11.6. The van der Waals surface area contributed by atoms with E-state index in [2.05, 4.69) is 10.3 Å². The van der Waals surface area contributed by atoms with Gasteiger partial charge in [0.2, 0.25) is 5.91 Å². The summed E-state index contributed by atoms with van der Waals surface area (Å²) in [6.07, 6.45) is 1.50. The van der Waals surface area contributed by atoms with Crippen LogP contribution in [0.25, 0.3) is 0 Å². The van der Waals surface area contributed by atoms with Crippen LogP contribution >= 0.6 is 12.2 Å². The zero-order valence-corrected chi connectivity index (χ0v) is 10.4. The molecule has 0 fully saturated rings. The molecule has 1 amide bonds. The highest BCUT2D eigenvalue weighted by atomic mass is 32.1. The van der Waals surface area contributed by atoms with Crippen molar-refractivity contribution in [1.82, 2.24) is 14.9 Å². The van der Waals surface area contributed by atoms with Crippen molar-refractivity contribution < 1.29 is 4.79 Å². The lowest BCUT2D eigenvalue weighted by molar-refractivity contribution is -0.123. The van der Waals surface area contributed by atoms with Crippen LogP contribution in [-0.4, -0.2) is 21.0 Å². The molecule has 6 heteroatoms. The second-order valence-corrected chi connectivity index (χ2v) is 4.92. The van der Waals surface area contributed by atoms with Gasteiger partial charge in [-0.2, -0.15) is 0 Å². The van der Waals surface area contributed by atoms with Crippen molar-refractivity contribution in [1.29, 1.82) is 0 Å². The molecule has 0 aliphatic rings. The van der Waals surface area contributed by atoms with Gasteiger partial charge in [-0.3, -0.25) is 14.6 Å². The van der Waals surface area contributed by atoms with Crippen molar-refractivity contribution in [2.75, 3.05) is 0 Å². The Labute approximate surface area is 98.5 Å². The van der Waals surface area contributed by atoms with Crippen molar-refractivity contribution in [3.63, 3.8) is 0 Å². The molecule has 0 aliphatic heterocycles. The Morgan fingerprint density at radius 1 is 1.56 bits per heavy atom. The van der Waals surface area contributed by atoms with Gasteiger partial charge in [0, 0.05) is 17.8 Å². The minimum atomic E-state index is -0.276. The Kier molecular flexibility index (Phi) is 3.64. The minimum absolute atomic E-state index is 0.104. The first-order valence-corrected chi connectivity index (χ1v) is 5.29. The average molecular weight is 241 g/mol. The molecule has 0 aromatic carbocycles. The smallest absolute Gasteiger partial charge is 0.251 e. The lowest BCUT2D eigenvalue weighted by Gasteiger charge is -2.20. The number of nitrogens with zero attached hydrogens (tertiary/aromatic N) is 1. The predicted molar refractivity (Wildman–Crippen MR) is 63.8 cm³/mol. The Balaban J connectivity index is 2.78. The van der Waals surface area contributed by atoms with Gasteiger partial charge in [0.25, 0.3) is 5.56 Å². The van der Waals surface area contributed by atoms with Crippen LogP contribution in [0.1, 0.15) is 20.8 Å². The van der Waals surface area contributed by atoms with Crippen LogP contribution < -0.4 is 10.9 Å². The SMILES string of the molecule is CC(C)(C)NC(=O)Cn1ccc(=O)[nH]c1=S. The quantitative estimate of drug-likeness (QED) is 0.753. The second kappa shape index (κ2) is 4.61. The van der Waals surface area contributed by atoms with Gasteiger partial charge in [0.05, 0.1) is 0 Å². The van der Waals surface area contributed by atoms with Gasteiger partial charge in [-0.05, 0) is 33.0 Å². The first-order chi connectivity index (χ1) is 7.28.